The maximum absolute atomic E-state index is 5.19. The van der Waals surface area contributed by atoms with E-state index in [1.54, 1.807) is 0 Å². The molecule has 2 heterocycles. The molecule has 0 atom stereocenters. The largest absolute Gasteiger partial charge is 0.310 e. The number of rotatable bonds is 3. The van der Waals surface area contributed by atoms with Gasteiger partial charge in [-0.05, 0) is 86.2 Å². The zero-order valence-corrected chi connectivity index (χ0v) is 24.9. The third kappa shape index (κ3) is 3.57. The number of fused-ring (bicyclic) bond motifs is 14. The quantitative estimate of drug-likeness (QED) is 0.192. The molecule has 3 nitrogen and oxygen atoms in total. The molecule has 2 aromatic heterocycles. The van der Waals surface area contributed by atoms with Gasteiger partial charge in [-0.25, -0.2) is 4.98 Å². The third-order valence-electron chi connectivity index (χ3n) is 9.50. The number of para-hydroxylation sites is 2. The van der Waals surface area contributed by atoms with Gasteiger partial charge in [0.25, 0.3) is 0 Å². The summed E-state index contributed by atoms with van der Waals surface area (Å²) in [5.74, 6) is 0. The van der Waals surface area contributed by atoms with Crippen LogP contribution in [0.4, 0.5) is 17.1 Å². The molecule has 0 spiro atoms. The van der Waals surface area contributed by atoms with Crippen LogP contribution in [0.5, 0.6) is 0 Å². The molecule has 0 saturated carbocycles. The van der Waals surface area contributed by atoms with E-state index in [2.05, 4.69) is 173 Å². The van der Waals surface area contributed by atoms with Gasteiger partial charge in [0.15, 0.2) is 0 Å². The number of nitrogens with zero attached hydrogens (tertiary/aromatic N) is 3. The van der Waals surface area contributed by atoms with Crippen LogP contribution in [0.3, 0.4) is 0 Å². The van der Waals surface area contributed by atoms with Crippen LogP contribution in [-0.2, 0) is 0 Å². The molecule has 0 unspecified atom stereocenters. The summed E-state index contributed by atoms with van der Waals surface area (Å²) in [5.41, 5.74) is 7.52. The van der Waals surface area contributed by atoms with E-state index in [0.717, 1.165) is 44.6 Å². The van der Waals surface area contributed by atoms with E-state index < -0.39 is 0 Å². The zero-order valence-electron chi connectivity index (χ0n) is 24.9. The average molecular weight is 586 g/mol. The van der Waals surface area contributed by atoms with Crippen LogP contribution in [0.1, 0.15) is 0 Å². The fourth-order valence-electron chi connectivity index (χ4n) is 7.50. The molecule has 10 aromatic rings. The molecule has 0 N–H and O–H groups in total. The fourth-order valence-corrected chi connectivity index (χ4v) is 7.50. The summed E-state index contributed by atoms with van der Waals surface area (Å²) in [4.78, 5) is 7.55. The van der Waals surface area contributed by atoms with Crippen molar-refractivity contribution in [3.8, 4) is 0 Å². The number of aromatic nitrogens is 2. The highest BCUT2D eigenvalue weighted by Gasteiger charge is 2.18. The van der Waals surface area contributed by atoms with Gasteiger partial charge in [0, 0.05) is 27.8 Å². The topological polar surface area (TPSA) is 20.5 Å². The van der Waals surface area contributed by atoms with Crippen molar-refractivity contribution in [3.63, 3.8) is 0 Å². The summed E-state index contributed by atoms with van der Waals surface area (Å²) in [5, 5.41) is 11.2. The molecule has 0 aliphatic carbocycles. The van der Waals surface area contributed by atoms with E-state index in [-0.39, 0.29) is 0 Å². The molecular formula is C43H27N3. The Bertz CT molecular complexity index is 2780. The van der Waals surface area contributed by atoms with E-state index in [4.69, 9.17) is 4.98 Å². The van der Waals surface area contributed by atoms with Gasteiger partial charge in [0.1, 0.15) is 5.65 Å². The number of hydrogen-bond acceptors (Lipinski definition) is 2. The lowest BCUT2D eigenvalue weighted by Crippen LogP contribution is -2.10. The third-order valence-corrected chi connectivity index (χ3v) is 9.50. The molecule has 8 aromatic carbocycles. The molecule has 46 heavy (non-hydrogen) atoms. The molecule has 0 bridgehead atoms. The SMILES string of the molecule is c1ccc(N(c2ccc3c4ccccc4c4ccccc4c3c2)c2ccc3nc4c5ccccc5c5ccccc5n4c3c2)cc1. The van der Waals surface area contributed by atoms with Gasteiger partial charge >= 0.3 is 0 Å². The zero-order chi connectivity index (χ0) is 30.2. The lowest BCUT2D eigenvalue weighted by atomic mass is 9.94. The van der Waals surface area contributed by atoms with Crippen molar-refractivity contribution >= 4 is 87.7 Å². The van der Waals surface area contributed by atoms with Gasteiger partial charge in [0.2, 0.25) is 0 Å². The van der Waals surface area contributed by atoms with Crippen molar-refractivity contribution in [2.24, 2.45) is 0 Å². The predicted molar refractivity (Wildman–Crippen MR) is 195 cm³/mol. The monoisotopic (exact) mass is 585 g/mol. The van der Waals surface area contributed by atoms with Crippen LogP contribution >= 0.6 is 0 Å². The number of pyridine rings is 1. The Balaban J connectivity index is 1.27. The first-order valence-electron chi connectivity index (χ1n) is 15.7. The first-order chi connectivity index (χ1) is 22.8. The molecule has 214 valence electrons. The Hall–Kier alpha value is -6.19. The number of benzene rings is 8. The second-order valence-corrected chi connectivity index (χ2v) is 12.0. The molecule has 0 aliphatic heterocycles. The van der Waals surface area contributed by atoms with Crippen molar-refractivity contribution in [2.75, 3.05) is 4.90 Å². The summed E-state index contributed by atoms with van der Waals surface area (Å²) >= 11 is 0. The Morgan fingerprint density at radius 3 is 1.54 bits per heavy atom. The first-order valence-corrected chi connectivity index (χ1v) is 15.7. The summed E-state index contributed by atoms with van der Waals surface area (Å²) in [6.07, 6.45) is 0. The molecule has 0 amide bonds. The second kappa shape index (κ2) is 9.65. The minimum Gasteiger partial charge on any atom is -0.310 e. The van der Waals surface area contributed by atoms with Crippen molar-refractivity contribution in [2.45, 2.75) is 0 Å². The van der Waals surface area contributed by atoms with Crippen molar-refractivity contribution in [3.05, 3.63) is 164 Å². The number of imidazole rings is 1. The Morgan fingerprint density at radius 1 is 0.348 bits per heavy atom. The Morgan fingerprint density at radius 2 is 0.848 bits per heavy atom. The summed E-state index contributed by atoms with van der Waals surface area (Å²) in [6, 6.07) is 59.0. The van der Waals surface area contributed by atoms with Gasteiger partial charge in [-0.3, -0.25) is 4.40 Å². The van der Waals surface area contributed by atoms with Crippen LogP contribution in [0.2, 0.25) is 0 Å². The lowest BCUT2D eigenvalue weighted by Gasteiger charge is -2.26. The summed E-state index contributed by atoms with van der Waals surface area (Å²) in [7, 11) is 0. The molecule has 3 heteroatoms. The maximum Gasteiger partial charge on any atom is 0.146 e. The minimum absolute atomic E-state index is 0.981. The van der Waals surface area contributed by atoms with E-state index >= 15 is 0 Å². The highest BCUT2D eigenvalue weighted by Crippen LogP contribution is 2.42. The number of anilines is 3. The van der Waals surface area contributed by atoms with Crippen molar-refractivity contribution in [1.82, 2.24) is 9.38 Å². The molecule has 0 aliphatic rings. The van der Waals surface area contributed by atoms with Gasteiger partial charge < -0.3 is 4.90 Å². The Kier molecular flexibility index (Phi) is 5.28. The lowest BCUT2D eigenvalue weighted by molar-refractivity contribution is 1.28. The Labute approximate surface area is 265 Å². The fraction of sp³-hybridized carbons (Fsp3) is 0. The van der Waals surface area contributed by atoms with Crippen molar-refractivity contribution in [1.29, 1.82) is 0 Å². The average Bonchev–Trinajstić information content (AvgIpc) is 3.52. The predicted octanol–water partition coefficient (Wildman–Crippen LogP) is 11.7. The maximum atomic E-state index is 5.19. The minimum atomic E-state index is 0.981. The van der Waals surface area contributed by atoms with Gasteiger partial charge in [-0.2, -0.15) is 0 Å². The first kappa shape index (κ1) is 25.2. The summed E-state index contributed by atoms with van der Waals surface area (Å²) in [6.45, 7) is 0. The summed E-state index contributed by atoms with van der Waals surface area (Å²) < 4.78 is 2.33. The van der Waals surface area contributed by atoms with E-state index in [9.17, 15) is 0 Å². The van der Waals surface area contributed by atoms with E-state index in [1.807, 2.05) is 0 Å². The highest BCUT2D eigenvalue weighted by atomic mass is 15.1. The van der Waals surface area contributed by atoms with Crippen LogP contribution in [0, 0.1) is 0 Å². The van der Waals surface area contributed by atoms with E-state index in [0.29, 0.717) is 0 Å². The highest BCUT2D eigenvalue weighted by molar-refractivity contribution is 6.26. The van der Waals surface area contributed by atoms with Gasteiger partial charge in [0.05, 0.1) is 16.6 Å². The molecular weight excluding hydrogens is 558 g/mol. The molecule has 0 radical (unpaired) electrons. The van der Waals surface area contributed by atoms with Crippen molar-refractivity contribution < 1.29 is 0 Å². The van der Waals surface area contributed by atoms with Gasteiger partial charge in [-0.1, -0.05) is 115 Å². The second-order valence-electron chi connectivity index (χ2n) is 12.0. The molecule has 0 saturated heterocycles. The van der Waals surface area contributed by atoms with Crippen LogP contribution in [0.25, 0.3) is 70.7 Å². The van der Waals surface area contributed by atoms with Gasteiger partial charge in [-0.15, -0.1) is 0 Å². The van der Waals surface area contributed by atoms with E-state index in [1.165, 1.54) is 43.1 Å². The standard InChI is InChI=1S/C43H27N3/c1-2-12-28(13-3-1)45(29-22-24-36-33-16-5-4-14-31(33)32-15-6-7-17-34(32)39(36)26-29)30-23-25-40-42(27-30)46-41-21-11-10-19-37(41)35-18-8-9-20-38(35)43(46)44-40/h1-27H. The van der Waals surface area contributed by atoms with Crippen LogP contribution < -0.4 is 4.90 Å². The number of hydrogen-bond donors (Lipinski definition) is 0. The molecule has 10 rings (SSSR count). The smallest absolute Gasteiger partial charge is 0.146 e. The molecule has 0 fully saturated rings. The van der Waals surface area contributed by atoms with Crippen LogP contribution in [-0.4, -0.2) is 9.38 Å². The van der Waals surface area contributed by atoms with Crippen LogP contribution in [0.15, 0.2) is 164 Å². The normalized spacial score (nSPS) is 11.9.